The second-order valence-corrected chi connectivity index (χ2v) is 13.5. The molecule has 5 fully saturated rings. The molecule has 3 aromatic carbocycles. The number of piperazine rings is 1. The normalized spacial score (nSPS) is 26.4. The van der Waals surface area contributed by atoms with Crippen molar-refractivity contribution in [3.8, 4) is 16.9 Å². The van der Waals surface area contributed by atoms with Gasteiger partial charge in [-0.2, -0.15) is 0 Å². The fraction of sp³-hybridized carbons (Fsp3) is 0.444. The summed E-state index contributed by atoms with van der Waals surface area (Å²) in [6.45, 7) is 5.64. The van der Waals surface area contributed by atoms with Crippen molar-refractivity contribution in [3.05, 3.63) is 83.4 Å². The van der Waals surface area contributed by atoms with Crippen LogP contribution in [0.5, 0.6) is 5.75 Å². The van der Waals surface area contributed by atoms with E-state index >= 15 is 0 Å². The molecule has 3 aromatic rings. The predicted octanol–water partition coefficient (Wildman–Crippen LogP) is 6.28. The van der Waals surface area contributed by atoms with Crippen LogP contribution in [0.4, 0.5) is 5.69 Å². The van der Waals surface area contributed by atoms with Crippen molar-refractivity contribution in [2.24, 2.45) is 23.2 Å². The van der Waals surface area contributed by atoms with Gasteiger partial charge in [0.25, 0.3) is 11.8 Å². The largest absolute Gasteiger partial charge is 0.508 e. The standard InChI is InChI=1S/C36H41N3O3/c1-24-15-30(7-10-33(24)29-3-2-4-32(40)19-29)35(42)39-13-11-38(12-14-39)31-8-5-28(6-9-31)34(41)37-23-36-20-25-16-26(21-36)18-27(17-25)22-36/h2-10,15,19,25-27,40H,11-14,16-18,20-23H2,1H3,(H,37,41). The first-order valence-corrected chi connectivity index (χ1v) is 15.7. The maximum Gasteiger partial charge on any atom is 0.253 e. The van der Waals surface area contributed by atoms with E-state index in [1.807, 2.05) is 66.4 Å². The average molecular weight is 564 g/mol. The van der Waals surface area contributed by atoms with Crippen molar-refractivity contribution in [3.63, 3.8) is 0 Å². The van der Waals surface area contributed by atoms with Crippen LogP contribution in [-0.2, 0) is 0 Å². The molecule has 4 bridgehead atoms. The van der Waals surface area contributed by atoms with E-state index in [2.05, 4.69) is 10.2 Å². The molecular weight excluding hydrogens is 522 g/mol. The molecule has 1 heterocycles. The van der Waals surface area contributed by atoms with Crippen LogP contribution in [-0.4, -0.2) is 54.5 Å². The minimum absolute atomic E-state index is 0.0399. The van der Waals surface area contributed by atoms with Crippen molar-refractivity contribution >= 4 is 17.5 Å². The Bertz CT molecular complexity index is 1450. The van der Waals surface area contributed by atoms with Crippen LogP contribution >= 0.6 is 0 Å². The molecule has 4 saturated carbocycles. The number of anilines is 1. The first-order chi connectivity index (χ1) is 20.3. The average Bonchev–Trinajstić information content (AvgIpc) is 2.99. The summed E-state index contributed by atoms with van der Waals surface area (Å²) in [5.74, 6) is 3.00. The zero-order chi connectivity index (χ0) is 28.8. The number of aromatic hydroxyl groups is 1. The van der Waals surface area contributed by atoms with Crippen molar-refractivity contribution in [1.29, 1.82) is 0 Å². The quantitative estimate of drug-likeness (QED) is 0.371. The lowest BCUT2D eigenvalue weighted by molar-refractivity contribution is -0.0503. The van der Waals surface area contributed by atoms with Gasteiger partial charge in [0.2, 0.25) is 0 Å². The first-order valence-electron chi connectivity index (χ1n) is 15.7. The minimum Gasteiger partial charge on any atom is -0.508 e. The molecule has 4 aliphatic carbocycles. The monoisotopic (exact) mass is 563 g/mol. The third kappa shape index (κ3) is 5.28. The van der Waals surface area contributed by atoms with Gasteiger partial charge in [-0.15, -0.1) is 0 Å². The van der Waals surface area contributed by atoms with Gasteiger partial charge in [-0.3, -0.25) is 9.59 Å². The van der Waals surface area contributed by atoms with E-state index in [0.717, 1.165) is 65.3 Å². The highest BCUT2D eigenvalue weighted by molar-refractivity contribution is 5.96. The molecule has 2 N–H and O–H groups in total. The lowest BCUT2D eigenvalue weighted by Gasteiger charge is -2.56. The van der Waals surface area contributed by atoms with Crippen LogP contribution in [0.15, 0.2) is 66.7 Å². The number of phenols is 1. The van der Waals surface area contributed by atoms with E-state index in [4.69, 9.17) is 0 Å². The fourth-order valence-corrected chi connectivity index (χ4v) is 8.84. The van der Waals surface area contributed by atoms with E-state index in [9.17, 15) is 14.7 Å². The number of aryl methyl sites for hydroxylation is 1. The van der Waals surface area contributed by atoms with E-state index in [0.29, 0.717) is 24.1 Å². The number of benzene rings is 3. The molecule has 1 aliphatic heterocycles. The van der Waals surface area contributed by atoms with E-state index in [1.165, 1.54) is 38.5 Å². The number of hydrogen-bond acceptors (Lipinski definition) is 4. The Hall–Kier alpha value is -3.80. The highest BCUT2D eigenvalue weighted by atomic mass is 16.3. The molecule has 0 radical (unpaired) electrons. The van der Waals surface area contributed by atoms with Gasteiger partial charge < -0.3 is 20.2 Å². The van der Waals surface area contributed by atoms with Gasteiger partial charge in [0.15, 0.2) is 0 Å². The molecule has 8 rings (SSSR count). The number of carbonyl (C=O) groups excluding carboxylic acids is 2. The summed E-state index contributed by atoms with van der Waals surface area (Å²) in [6.07, 6.45) is 8.17. The summed E-state index contributed by atoms with van der Waals surface area (Å²) in [4.78, 5) is 30.6. The SMILES string of the molecule is Cc1cc(C(=O)N2CCN(c3ccc(C(=O)NCC45CC6CC(CC(C6)C4)C5)cc3)CC2)ccc1-c1cccc(O)c1. The molecule has 218 valence electrons. The molecule has 1 saturated heterocycles. The number of nitrogens with zero attached hydrogens (tertiary/aromatic N) is 2. The second kappa shape index (κ2) is 10.8. The smallest absolute Gasteiger partial charge is 0.253 e. The Balaban J connectivity index is 0.927. The lowest BCUT2D eigenvalue weighted by atomic mass is 9.49. The van der Waals surface area contributed by atoms with Crippen LogP contribution in [0.2, 0.25) is 0 Å². The zero-order valence-corrected chi connectivity index (χ0v) is 24.5. The second-order valence-electron chi connectivity index (χ2n) is 13.5. The summed E-state index contributed by atoms with van der Waals surface area (Å²) in [7, 11) is 0. The Morgan fingerprint density at radius 2 is 1.48 bits per heavy atom. The first kappa shape index (κ1) is 27.1. The summed E-state index contributed by atoms with van der Waals surface area (Å²) in [5, 5.41) is 13.1. The number of carbonyl (C=O) groups is 2. The van der Waals surface area contributed by atoms with Gasteiger partial charge in [0.1, 0.15) is 5.75 Å². The highest BCUT2D eigenvalue weighted by Crippen LogP contribution is 2.59. The molecule has 42 heavy (non-hydrogen) atoms. The summed E-state index contributed by atoms with van der Waals surface area (Å²) >= 11 is 0. The summed E-state index contributed by atoms with van der Waals surface area (Å²) in [5.41, 5.74) is 5.80. The number of nitrogens with one attached hydrogen (secondary N) is 1. The van der Waals surface area contributed by atoms with E-state index in [1.54, 1.807) is 12.1 Å². The fourth-order valence-electron chi connectivity index (χ4n) is 8.84. The van der Waals surface area contributed by atoms with Gasteiger partial charge in [0, 0.05) is 49.5 Å². The van der Waals surface area contributed by atoms with Crippen molar-refractivity contribution < 1.29 is 14.7 Å². The number of rotatable bonds is 6. The van der Waals surface area contributed by atoms with Gasteiger partial charge in [-0.05, 0) is 134 Å². The van der Waals surface area contributed by atoms with Crippen LogP contribution in [0, 0.1) is 30.1 Å². The molecule has 2 amide bonds. The maximum absolute atomic E-state index is 13.3. The number of phenolic OH excluding ortho intramolecular Hbond substituents is 1. The zero-order valence-electron chi connectivity index (χ0n) is 24.5. The molecule has 0 aromatic heterocycles. The lowest BCUT2D eigenvalue weighted by Crippen LogP contribution is -2.51. The molecule has 0 atom stereocenters. The molecule has 0 unspecified atom stereocenters. The Labute approximate surface area is 248 Å². The highest BCUT2D eigenvalue weighted by Gasteiger charge is 2.50. The molecule has 5 aliphatic rings. The van der Waals surface area contributed by atoms with E-state index < -0.39 is 0 Å². The topological polar surface area (TPSA) is 72.9 Å². The van der Waals surface area contributed by atoms with Crippen LogP contribution < -0.4 is 10.2 Å². The molecule has 0 spiro atoms. The molecular formula is C36H41N3O3. The van der Waals surface area contributed by atoms with E-state index in [-0.39, 0.29) is 17.6 Å². The van der Waals surface area contributed by atoms with Crippen molar-refractivity contribution in [1.82, 2.24) is 10.2 Å². The van der Waals surface area contributed by atoms with Crippen LogP contribution in [0.1, 0.15) is 64.8 Å². The Morgan fingerprint density at radius 1 is 0.833 bits per heavy atom. The molecule has 6 heteroatoms. The van der Waals surface area contributed by atoms with Crippen molar-refractivity contribution in [2.75, 3.05) is 37.6 Å². The van der Waals surface area contributed by atoms with Gasteiger partial charge >= 0.3 is 0 Å². The Kier molecular flexibility index (Phi) is 6.95. The minimum atomic E-state index is 0.0399. The van der Waals surface area contributed by atoms with Crippen LogP contribution in [0.25, 0.3) is 11.1 Å². The third-order valence-corrected chi connectivity index (χ3v) is 10.5. The molecule has 6 nitrogen and oxygen atoms in total. The predicted molar refractivity (Wildman–Crippen MR) is 166 cm³/mol. The third-order valence-electron chi connectivity index (χ3n) is 10.5. The number of hydrogen-bond donors (Lipinski definition) is 2. The Morgan fingerprint density at radius 3 is 2.10 bits per heavy atom. The van der Waals surface area contributed by atoms with Gasteiger partial charge in [-0.25, -0.2) is 0 Å². The number of amides is 2. The maximum atomic E-state index is 13.3. The van der Waals surface area contributed by atoms with Gasteiger partial charge in [0.05, 0.1) is 0 Å². The van der Waals surface area contributed by atoms with Gasteiger partial charge in [-0.1, -0.05) is 18.2 Å². The summed E-state index contributed by atoms with van der Waals surface area (Å²) in [6, 6.07) is 21.0. The summed E-state index contributed by atoms with van der Waals surface area (Å²) < 4.78 is 0. The van der Waals surface area contributed by atoms with Crippen molar-refractivity contribution in [2.45, 2.75) is 45.4 Å². The van der Waals surface area contributed by atoms with Crippen LogP contribution in [0.3, 0.4) is 0 Å².